The molecule has 0 aromatic heterocycles. The van der Waals surface area contributed by atoms with Crippen molar-refractivity contribution in [2.75, 3.05) is 18.9 Å². The van der Waals surface area contributed by atoms with Crippen LogP contribution in [0.2, 0.25) is 0 Å². The average Bonchev–Trinajstić information content (AvgIpc) is 3.22. The Balaban J connectivity index is 2.18. The lowest BCUT2D eigenvalue weighted by Crippen LogP contribution is -2.36. The van der Waals surface area contributed by atoms with Gasteiger partial charge in [-0.2, -0.15) is 4.31 Å². The maximum Gasteiger partial charge on any atom is 0.243 e. The Morgan fingerprint density at radius 2 is 1.89 bits per heavy atom. The summed E-state index contributed by atoms with van der Waals surface area (Å²) in [7, 11) is -1.69. The van der Waals surface area contributed by atoms with Crippen LogP contribution in [0, 0.1) is 5.92 Å². The van der Waals surface area contributed by atoms with Gasteiger partial charge in [-0.3, -0.25) is 0 Å². The van der Waals surface area contributed by atoms with Gasteiger partial charge in [-0.05, 0) is 56.9 Å². The fourth-order valence-electron chi connectivity index (χ4n) is 2.21. The summed E-state index contributed by atoms with van der Waals surface area (Å²) >= 11 is 0. The third-order valence-corrected chi connectivity index (χ3v) is 5.75. The van der Waals surface area contributed by atoms with Gasteiger partial charge in [0, 0.05) is 25.3 Å². The van der Waals surface area contributed by atoms with Crippen molar-refractivity contribution in [3.8, 4) is 0 Å². The maximum absolute atomic E-state index is 12.5. The summed E-state index contributed by atoms with van der Waals surface area (Å²) in [5.41, 5.74) is 0.944. The number of nitrogens with zero attached hydrogens (tertiary/aromatic N) is 1. The van der Waals surface area contributed by atoms with Crippen LogP contribution in [0.1, 0.15) is 26.7 Å². The smallest absolute Gasteiger partial charge is 0.243 e. The van der Waals surface area contributed by atoms with E-state index in [9.17, 15) is 8.42 Å². The monoisotopic (exact) mass is 282 g/mol. The minimum absolute atomic E-state index is 0.0819. The summed E-state index contributed by atoms with van der Waals surface area (Å²) in [6.45, 7) is 4.82. The predicted octanol–water partition coefficient (Wildman–Crippen LogP) is 2.54. The Morgan fingerprint density at radius 3 is 2.37 bits per heavy atom. The first-order chi connectivity index (χ1) is 8.96. The second-order valence-electron chi connectivity index (χ2n) is 5.15. The Kier molecular flexibility index (Phi) is 4.16. The van der Waals surface area contributed by atoms with Gasteiger partial charge < -0.3 is 5.32 Å². The molecule has 1 aromatic carbocycles. The van der Waals surface area contributed by atoms with Crippen molar-refractivity contribution in [3.05, 3.63) is 24.3 Å². The summed E-state index contributed by atoms with van der Waals surface area (Å²) in [4.78, 5) is 0.365. The first-order valence-electron chi connectivity index (χ1n) is 6.78. The zero-order valence-electron chi connectivity index (χ0n) is 11.8. The summed E-state index contributed by atoms with van der Waals surface area (Å²) in [6.07, 6.45) is 2.28. The van der Waals surface area contributed by atoms with Gasteiger partial charge in [-0.25, -0.2) is 8.42 Å². The van der Waals surface area contributed by atoms with Crippen molar-refractivity contribution in [1.82, 2.24) is 4.31 Å². The van der Waals surface area contributed by atoms with Crippen LogP contribution in [0.3, 0.4) is 0 Å². The molecule has 1 saturated carbocycles. The molecule has 0 spiro atoms. The highest BCUT2D eigenvalue weighted by molar-refractivity contribution is 7.89. The van der Waals surface area contributed by atoms with Gasteiger partial charge in [0.05, 0.1) is 4.90 Å². The molecule has 1 aromatic rings. The van der Waals surface area contributed by atoms with E-state index in [1.54, 1.807) is 19.2 Å². The molecule has 1 aliphatic carbocycles. The maximum atomic E-state index is 12.5. The van der Waals surface area contributed by atoms with Gasteiger partial charge in [-0.1, -0.05) is 0 Å². The van der Waals surface area contributed by atoms with E-state index in [0.717, 1.165) is 25.1 Å². The number of rotatable bonds is 6. The van der Waals surface area contributed by atoms with Crippen molar-refractivity contribution >= 4 is 15.7 Å². The second-order valence-corrected chi connectivity index (χ2v) is 7.15. The topological polar surface area (TPSA) is 49.4 Å². The lowest BCUT2D eigenvalue weighted by Gasteiger charge is -2.24. The quantitative estimate of drug-likeness (QED) is 0.872. The fraction of sp³-hybridized carbons (Fsp3) is 0.571. The highest BCUT2D eigenvalue weighted by Gasteiger charge is 2.35. The normalized spacial score (nSPS) is 17.5. The highest BCUT2D eigenvalue weighted by atomic mass is 32.2. The molecular formula is C14H22N2O2S. The van der Waals surface area contributed by atoms with Crippen molar-refractivity contribution in [3.63, 3.8) is 0 Å². The van der Waals surface area contributed by atoms with Crippen LogP contribution in [0.25, 0.3) is 0 Å². The van der Waals surface area contributed by atoms with Gasteiger partial charge >= 0.3 is 0 Å². The average molecular weight is 282 g/mol. The Labute approximate surface area is 115 Å². The number of nitrogens with one attached hydrogen (secondary N) is 1. The molecule has 0 amide bonds. The number of anilines is 1. The molecule has 19 heavy (non-hydrogen) atoms. The molecular weight excluding hydrogens is 260 g/mol. The van der Waals surface area contributed by atoms with Gasteiger partial charge in [0.15, 0.2) is 0 Å². The number of hydrogen-bond acceptors (Lipinski definition) is 3. The van der Waals surface area contributed by atoms with Crippen LogP contribution in [-0.2, 0) is 10.0 Å². The third-order valence-electron chi connectivity index (χ3n) is 3.79. The predicted molar refractivity (Wildman–Crippen MR) is 77.7 cm³/mol. The molecule has 0 bridgehead atoms. The zero-order valence-corrected chi connectivity index (χ0v) is 12.6. The lowest BCUT2D eigenvalue weighted by molar-refractivity contribution is 0.357. The van der Waals surface area contributed by atoms with E-state index < -0.39 is 10.0 Å². The van der Waals surface area contributed by atoms with Crippen molar-refractivity contribution in [1.29, 1.82) is 0 Å². The van der Waals surface area contributed by atoms with Crippen molar-refractivity contribution in [2.45, 2.75) is 37.6 Å². The number of benzene rings is 1. The van der Waals surface area contributed by atoms with Crippen LogP contribution < -0.4 is 5.32 Å². The molecule has 1 fully saturated rings. The standard InChI is InChI=1S/C14H22N2O2S/c1-4-15-13-7-9-14(10-8-13)19(17,18)16(3)11(2)12-5-6-12/h7-12,15H,4-6H2,1-3H3. The fourth-order valence-corrected chi connectivity index (χ4v) is 3.63. The van der Waals surface area contributed by atoms with E-state index in [2.05, 4.69) is 5.32 Å². The van der Waals surface area contributed by atoms with Crippen LogP contribution in [-0.4, -0.2) is 32.4 Å². The van der Waals surface area contributed by atoms with Gasteiger partial charge in [-0.15, -0.1) is 0 Å². The van der Waals surface area contributed by atoms with Crippen molar-refractivity contribution < 1.29 is 8.42 Å². The van der Waals surface area contributed by atoms with Crippen molar-refractivity contribution in [2.24, 2.45) is 5.92 Å². The van der Waals surface area contributed by atoms with E-state index in [4.69, 9.17) is 0 Å². The minimum atomic E-state index is -3.37. The third kappa shape index (κ3) is 3.09. The highest BCUT2D eigenvalue weighted by Crippen LogP contribution is 2.36. The Morgan fingerprint density at radius 1 is 1.32 bits per heavy atom. The molecule has 2 rings (SSSR count). The second kappa shape index (κ2) is 5.51. The van der Waals surface area contributed by atoms with E-state index in [-0.39, 0.29) is 6.04 Å². The number of sulfonamides is 1. The zero-order chi connectivity index (χ0) is 14.0. The summed E-state index contributed by atoms with van der Waals surface area (Å²) in [6, 6.07) is 7.05. The molecule has 0 saturated heterocycles. The lowest BCUT2D eigenvalue weighted by atomic mass is 10.2. The van der Waals surface area contributed by atoms with Gasteiger partial charge in [0.25, 0.3) is 0 Å². The molecule has 1 N–H and O–H groups in total. The molecule has 1 aliphatic rings. The van der Waals surface area contributed by atoms with Gasteiger partial charge in [0.2, 0.25) is 10.0 Å². The van der Waals surface area contributed by atoms with Crippen LogP contribution >= 0.6 is 0 Å². The molecule has 1 unspecified atom stereocenters. The molecule has 4 nitrogen and oxygen atoms in total. The molecule has 0 radical (unpaired) electrons. The summed E-state index contributed by atoms with van der Waals surface area (Å²) in [5.74, 6) is 0.529. The van der Waals surface area contributed by atoms with E-state index in [0.29, 0.717) is 10.8 Å². The van der Waals surface area contributed by atoms with E-state index >= 15 is 0 Å². The first kappa shape index (κ1) is 14.3. The molecule has 106 valence electrons. The molecule has 5 heteroatoms. The van der Waals surface area contributed by atoms with Crippen LogP contribution in [0.4, 0.5) is 5.69 Å². The Bertz CT molecular complexity index is 521. The number of hydrogen-bond donors (Lipinski definition) is 1. The van der Waals surface area contributed by atoms with E-state index in [1.807, 2.05) is 26.0 Å². The Hall–Kier alpha value is -1.07. The van der Waals surface area contributed by atoms with Crippen LogP contribution in [0.15, 0.2) is 29.2 Å². The molecule has 0 heterocycles. The van der Waals surface area contributed by atoms with Gasteiger partial charge in [0.1, 0.15) is 0 Å². The van der Waals surface area contributed by atoms with E-state index in [1.165, 1.54) is 4.31 Å². The SMILES string of the molecule is CCNc1ccc(S(=O)(=O)N(C)C(C)C2CC2)cc1. The van der Waals surface area contributed by atoms with Crippen LogP contribution in [0.5, 0.6) is 0 Å². The summed E-state index contributed by atoms with van der Waals surface area (Å²) in [5, 5.41) is 3.16. The molecule has 0 aliphatic heterocycles. The first-order valence-corrected chi connectivity index (χ1v) is 8.22. The minimum Gasteiger partial charge on any atom is -0.385 e. The largest absolute Gasteiger partial charge is 0.385 e. The summed E-state index contributed by atoms with van der Waals surface area (Å²) < 4.78 is 26.5. The molecule has 1 atom stereocenters.